The largest absolute Gasteiger partial charge is 0.478 e. The number of hydrogen-bond acceptors (Lipinski definition) is 4. The second-order valence-corrected chi connectivity index (χ2v) is 9.49. The third kappa shape index (κ3) is 5.81. The van der Waals surface area contributed by atoms with Crippen LogP contribution in [0, 0.1) is 11.6 Å². The Morgan fingerprint density at radius 2 is 1.59 bits per heavy atom. The first kappa shape index (κ1) is 29.0. The highest BCUT2D eigenvalue weighted by Crippen LogP contribution is 2.38. The van der Waals surface area contributed by atoms with Crippen molar-refractivity contribution in [3.63, 3.8) is 0 Å². The molecule has 1 aliphatic heterocycles. The molecule has 1 heterocycles. The van der Waals surface area contributed by atoms with Crippen LogP contribution >= 0.6 is 0 Å². The zero-order valence-corrected chi connectivity index (χ0v) is 21.3. The van der Waals surface area contributed by atoms with Gasteiger partial charge in [-0.25, -0.2) is 28.1 Å². The molecule has 3 aromatic rings. The lowest BCUT2D eigenvalue weighted by atomic mass is 10.0. The third-order valence-electron chi connectivity index (χ3n) is 6.38. The van der Waals surface area contributed by atoms with Gasteiger partial charge in [-0.2, -0.15) is 13.2 Å². The van der Waals surface area contributed by atoms with E-state index in [2.05, 4.69) is 10.6 Å². The Balaban J connectivity index is 1.59. The average Bonchev–Trinajstić information content (AvgIpc) is 3.04. The number of carboxylic acid groups (broad SMARTS) is 1. The van der Waals surface area contributed by atoms with E-state index in [9.17, 15) is 41.1 Å². The van der Waals surface area contributed by atoms with E-state index in [1.807, 2.05) is 0 Å². The molecular weight excluding hydrogens is 555 g/mol. The number of carbonyl (C=O) groups excluding carboxylic acids is 3. The molecule has 1 fully saturated rings. The second kappa shape index (κ2) is 10.5. The number of halogens is 5. The van der Waals surface area contributed by atoms with E-state index in [1.54, 1.807) is 0 Å². The minimum absolute atomic E-state index is 0.0138. The number of amides is 5. The number of alkyl halides is 3. The number of benzene rings is 3. The molecule has 0 spiro atoms. The quantitative estimate of drug-likeness (QED) is 0.243. The van der Waals surface area contributed by atoms with Crippen LogP contribution in [-0.4, -0.2) is 39.5 Å². The molecule has 4 rings (SSSR count). The highest BCUT2D eigenvalue weighted by atomic mass is 19.4. The van der Waals surface area contributed by atoms with Crippen LogP contribution in [0.25, 0.3) is 0 Å². The van der Waals surface area contributed by atoms with Gasteiger partial charge in [-0.3, -0.25) is 4.79 Å². The van der Waals surface area contributed by atoms with Crippen molar-refractivity contribution in [3.05, 3.63) is 89.0 Å². The van der Waals surface area contributed by atoms with E-state index < -0.39 is 58.5 Å². The fraction of sp³-hybridized carbons (Fsp3) is 0.185. The van der Waals surface area contributed by atoms with Crippen molar-refractivity contribution in [1.82, 2.24) is 4.90 Å². The third-order valence-corrected chi connectivity index (χ3v) is 6.38. The summed E-state index contributed by atoms with van der Waals surface area (Å²) in [5.41, 5.74) is -3.44. The van der Waals surface area contributed by atoms with Crippen molar-refractivity contribution in [2.45, 2.75) is 32.1 Å². The molecule has 41 heavy (non-hydrogen) atoms. The first-order valence-corrected chi connectivity index (χ1v) is 11.8. The monoisotopic (exact) mass is 576 g/mol. The van der Waals surface area contributed by atoms with Crippen LogP contribution in [0.2, 0.25) is 0 Å². The molecule has 214 valence electrons. The molecule has 0 unspecified atom stereocenters. The average molecular weight is 576 g/mol. The number of aromatic carboxylic acids is 1. The summed E-state index contributed by atoms with van der Waals surface area (Å²) < 4.78 is 67.7. The van der Waals surface area contributed by atoms with E-state index >= 15 is 0 Å². The predicted octanol–water partition coefficient (Wildman–Crippen LogP) is 6.07. The van der Waals surface area contributed by atoms with Crippen LogP contribution in [0.4, 0.5) is 48.6 Å². The van der Waals surface area contributed by atoms with E-state index in [0.717, 1.165) is 23.1 Å². The Labute approximate surface area is 229 Å². The molecule has 0 saturated carbocycles. The smallest absolute Gasteiger partial charge is 0.419 e. The minimum Gasteiger partial charge on any atom is -0.478 e. The number of rotatable bonds is 6. The zero-order valence-electron chi connectivity index (χ0n) is 21.3. The molecule has 0 atom stereocenters. The van der Waals surface area contributed by atoms with Crippen molar-refractivity contribution in [2.24, 2.45) is 0 Å². The van der Waals surface area contributed by atoms with E-state index in [0.29, 0.717) is 17.0 Å². The van der Waals surface area contributed by atoms with E-state index in [-0.39, 0.29) is 29.0 Å². The number of nitrogens with one attached hydrogen (secondary N) is 2. The lowest BCUT2D eigenvalue weighted by molar-refractivity contribution is -0.140. The summed E-state index contributed by atoms with van der Waals surface area (Å²) in [6.07, 6.45) is -5.07. The molecule has 5 amide bonds. The molecule has 3 N–H and O–H groups in total. The Morgan fingerprint density at radius 3 is 2.20 bits per heavy atom. The van der Waals surface area contributed by atoms with Gasteiger partial charge in [-0.15, -0.1) is 0 Å². The molecule has 1 saturated heterocycles. The molecule has 1 aliphatic rings. The van der Waals surface area contributed by atoms with Crippen molar-refractivity contribution in [3.8, 4) is 0 Å². The Hall–Kier alpha value is -5.01. The zero-order chi connectivity index (χ0) is 30.3. The summed E-state index contributed by atoms with van der Waals surface area (Å²) in [6.45, 7) is 2.34. The van der Waals surface area contributed by atoms with Gasteiger partial charge in [0.1, 0.15) is 17.2 Å². The van der Waals surface area contributed by atoms with Gasteiger partial charge in [0.25, 0.3) is 5.91 Å². The summed E-state index contributed by atoms with van der Waals surface area (Å²) in [5.74, 6) is -4.37. The number of carbonyl (C=O) groups is 4. The van der Waals surface area contributed by atoms with Crippen molar-refractivity contribution < 1.29 is 46.2 Å². The Kier molecular flexibility index (Phi) is 7.44. The maximum Gasteiger partial charge on any atom is 0.419 e. The van der Waals surface area contributed by atoms with Crippen molar-refractivity contribution >= 4 is 41.0 Å². The molecule has 0 bridgehead atoms. The Bertz CT molecular complexity index is 1560. The van der Waals surface area contributed by atoms with Gasteiger partial charge in [0.2, 0.25) is 0 Å². The number of imide groups is 1. The minimum atomic E-state index is -5.07. The standard InChI is InChI=1S/C27H21F5N4O5/c1-26(2)23(39)36(18-9-10-20(29)19(12-18)27(30,31)32)25(41)35(26)13-15-3-6-16(28)11-21(15)34-24(40)33-17-7-4-14(5-8-17)22(37)38/h3-12H,13H2,1-2H3,(H,37,38)(H2,33,34,40). The molecule has 0 radical (unpaired) electrons. The summed E-state index contributed by atoms with van der Waals surface area (Å²) >= 11 is 0. The highest BCUT2D eigenvalue weighted by molar-refractivity contribution is 6.23. The number of urea groups is 2. The summed E-state index contributed by atoms with van der Waals surface area (Å²) in [4.78, 5) is 51.6. The lowest BCUT2D eigenvalue weighted by Crippen LogP contribution is -2.43. The summed E-state index contributed by atoms with van der Waals surface area (Å²) in [6, 6.07) is 8.34. The SMILES string of the molecule is CC1(C)C(=O)N(c2ccc(F)c(C(F)(F)F)c2)C(=O)N1Cc1ccc(F)cc1NC(=O)Nc1ccc(C(=O)O)cc1. The highest BCUT2D eigenvalue weighted by Gasteiger charge is 2.52. The van der Waals surface area contributed by atoms with Gasteiger partial charge >= 0.3 is 24.2 Å². The van der Waals surface area contributed by atoms with Crippen LogP contribution < -0.4 is 15.5 Å². The summed E-state index contributed by atoms with van der Waals surface area (Å²) in [7, 11) is 0. The first-order valence-electron chi connectivity index (χ1n) is 11.8. The number of anilines is 3. The van der Waals surface area contributed by atoms with Gasteiger partial charge in [0.15, 0.2) is 0 Å². The van der Waals surface area contributed by atoms with E-state index in [1.165, 1.54) is 44.2 Å². The van der Waals surface area contributed by atoms with Crippen molar-refractivity contribution in [2.75, 3.05) is 15.5 Å². The fourth-order valence-corrected chi connectivity index (χ4v) is 4.15. The van der Waals surface area contributed by atoms with Gasteiger partial charge in [0.05, 0.1) is 29.0 Å². The number of carboxylic acids is 1. The lowest BCUT2D eigenvalue weighted by Gasteiger charge is -2.28. The van der Waals surface area contributed by atoms with Gasteiger partial charge in [0, 0.05) is 5.69 Å². The molecule has 3 aromatic carbocycles. The summed E-state index contributed by atoms with van der Waals surface area (Å²) in [5, 5.41) is 13.9. The Morgan fingerprint density at radius 1 is 0.927 bits per heavy atom. The first-order chi connectivity index (χ1) is 19.1. The van der Waals surface area contributed by atoms with Crippen LogP contribution in [0.1, 0.15) is 35.3 Å². The maximum atomic E-state index is 14.1. The number of hydrogen-bond donors (Lipinski definition) is 3. The fourth-order valence-electron chi connectivity index (χ4n) is 4.15. The van der Waals surface area contributed by atoms with Gasteiger partial charge < -0.3 is 20.6 Å². The number of nitrogens with zero attached hydrogens (tertiary/aromatic N) is 2. The van der Waals surface area contributed by atoms with Gasteiger partial charge in [-0.05, 0) is 74.0 Å². The van der Waals surface area contributed by atoms with E-state index in [4.69, 9.17) is 5.11 Å². The topological polar surface area (TPSA) is 119 Å². The van der Waals surface area contributed by atoms with Crippen LogP contribution in [0.3, 0.4) is 0 Å². The normalized spacial score (nSPS) is 14.8. The molecule has 9 nitrogen and oxygen atoms in total. The van der Waals surface area contributed by atoms with Crippen LogP contribution in [0.15, 0.2) is 60.7 Å². The van der Waals surface area contributed by atoms with Crippen molar-refractivity contribution in [1.29, 1.82) is 0 Å². The maximum absolute atomic E-state index is 14.1. The predicted molar refractivity (Wildman–Crippen MR) is 136 cm³/mol. The van der Waals surface area contributed by atoms with Crippen LogP contribution in [0.5, 0.6) is 0 Å². The molecular formula is C27H21F5N4O5. The van der Waals surface area contributed by atoms with Crippen LogP contribution in [-0.2, 0) is 17.5 Å². The van der Waals surface area contributed by atoms with Gasteiger partial charge in [-0.1, -0.05) is 6.07 Å². The molecule has 14 heteroatoms. The molecule has 0 aromatic heterocycles. The second-order valence-electron chi connectivity index (χ2n) is 9.49. The molecule has 0 aliphatic carbocycles.